The summed E-state index contributed by atoms with van der Waals surface area (Å²) in [7, 11) is 0. The lowest BCUT2D eigenvalue weighted by Crippen LogP contribution is -2.27. The number of halogens is 2. The standard InChI is InChI=1S/C18H15Cl2N5O3/c19-13-7-10(17-21-23-24-22-17)8-14(20)16(13)28-11-3-4-15(26)12(9-11)18(27)25-5-1-2-6-25/h3-4,7-9,26H,1-2,5-6H2,(H,21,22,23,24). The smallest absolute Gasteiger partial charge is 0.257 e. The number of rotatable bonds is 4. The highest BCUT2D eigenvalue weighted by atomic mass is 35.5. The van der Waals surface area contributed by atoms with E-state index < -0.39 is 0 Å². The molecule has 28 heavy (non-hydrogen) atoms. The normalized spacial score (nSPS) is 13.7. The first-order chi connectivity index (χ1) is 13.5. The summed E-state index contributed by atoms with van der Waals surface area (Å²) in [5.74, 6) is 0.565. The second kappa shape index (κ2) is 7.65. The van der Waals surface area contributed by atoms with Crippen LogP contribution in [0.1, 0.15) is 23.2 Å². The highest BCUT2D eigenvalue weighted by Gasteiger charge is 2.23. The number of H-pyrrole nitrogens is 1. The number of ether oxygens (including phenoxy) is 1. The van der Waals surface area contributed by atoms with E-state index in [1.807, 2.05) is 0 Å². The summed E-state index contributed by atoms with van der Waals surface area (Å²) in [4.78, 5) is 14.3. The summed E-state index contributed by atoms with van der Waals surface area (Å²) in [6.45, 7) is 1.36. The quantitative estimate of drug-likeness (QED) is 0.663. The molecule has 0 unspecified atom stereocenters. The predicted octanol–water partition coefficient (Wildman–Crippen LogP) is 3.91. The van der Waals surface area contributed by atoms with Crippen LogP contribution >= 0.6 is 23.2 Å². The lowest BCUT2D eigenvalue weighted by Gasteiger charge is -2.17. The number of aromatic nitrogens is 4. The number of nitrogens with zero attached hydrogens (tertiary/aromatic N) is 4. The average molecular weight is 420 g/mol. The topological polar surface area (TPSA) is 104 Å². The van der Waals surface area contributed by atoms with Crippen molar-refractivity contribution in [3.05, 3.63) is 45.9 Å². The zero-order valence-electron chi connectivity index (χ0n) is 14.5. The lowest BCUT2D eigenvalue weighted by molar-refractivity contribution is 0.0789. The molecular weight excluding hydrogens is 405 g/mol. The summed E-state index contributed by atoms with van der Waals surface area (Å²) < 4.78 is 5.81. The Morgan fingerprint density at radius 3 is 2.50 bits per heavy atom. The number of nitrogens with one attached hydrogen (secondary N) is 1. The summed E-state index contributed by atoms with van der Waals surface area (Å²) in [5.41, 5.74) is 0.752. The molecule has 1 fully saturated rings. The van der Waals surface area contributed by atoms with Gasteiger partial charge in [-0.25, -0.2) is 0 Å². The van der Waals surface area contributed by atoms with Gasteiger partial charge in [-0.2, -0.15) is 5.21 Å². The minimum atomic E-state index is -0.231. The predicted molar refractivity (Wildman–Crippen MR) is 103 cm³/mol. The van der Waals surface area contributed by atoms with Crippen LogP contribution in [0.2, 0.25) is 10.0 Å². The number of amides is 1. The van der Waals surface area contributed by atoms with E-state index in [1.165, 1.54) is 18.2 Å². The monoisotopic (exact) mass is 419 g/mol. The molecule has 4 rings (SSSR count). The molecule has 0 aliphatic carbocycles. The van der Waals surface area contributed by atoms with Gasteiger partial charge in [0, 0.05) is 18.7 Å². The Labute approximate surface area is 170 Å². The number of likely N-dealkylation sites (tertiary alicyclic amines) is 1. The zero-order valence-corrected chi connectivity index (χ0v) is 16.0. The van der Waals surface area contributed by atoms with Gasteiger partial charge in [-0.3, -0.25) is 4.79 Å². The van der Waals surface area contributed by atoms with E-state index in [0.29, 0.717) is 30.2 Å². The molecule has 3 aromatic rings. The van der Waals surface area contributed by atoms with E-state index in [9.17, 15) is 9.90 Å². The van der Waals surface area contributed by atoms with Crippen LogP contribution in [0.4, 0.5) is 0 Å². The maximum absolute atomic E-state index is 12.6. The van der Waals surface area contributed by atoms with Gasteiger partial charge in [0.25, 0.3) is 5.91 Å². The molecule has 0 atom stereocenters. The van der Waals surface area contributed by atoms with E-state index in [-0.39, 0.29) is 33.0 Å². The average Bonchev–Trinajstić information content (AvgIpc) is 3.39. The fraction of sp³-hybridized carbons (Fsp3) is 0.222. The van der Waals surface area contributed by atoms with E-state index >= 15 is 0 Å². The fourth-order valence-electron chi connectivity index (χ4n) is 3.03. The minimum absolute atomic E-state index is 0.103. The van der Waals surface area contributed by atoms with Gasteiger partial charge in [-0.1, -0.05) is 23.2 Å². The number of carbonyl (C=O) groups excluding carboxylic acids is 1. The highest BCUT2D eigenvalue weighted by molar-refractivity contribution is 6.37. The zero-order chi connectivity index (χ0) is 19.7. The SMILES string of the molecule is O=C(c1cc(Oc2c(Cl)cc(-c3nn[nH]n3)cc2Cl)ccc1O)N1CCCC1. The van der Waals surface area contributed by atoms with Gasteiger partial charge in [-0.15, -0.1) is 10.2 Å². The number of aromatic hydroxyl groups is 1. The van der Waals surface area contributed by atoms with Crippen LogP contribution in [0.15, 0.2) is 30.3 Å². The number of phenols is 1. The van der Waals surface area contributed by atoms with E-state index in [2.05, 4.69) is 20.6 Å². The molecule has 8 nitrogen and oxygen atoms in total. The highest BCUT2D eigenvalue weighted by Crippen LogP contribution is 2.40. The van der Waals surface area contributed by atoms with Crippen LogP contribution in [-0.4, -0.2) is 49.6 Å². The van der Waals surface area contributed by atoms with E-state index in [0.717, 1.165) is 12.8 Å². The van der Waals surface area contributed by atoms with Crippen molar-refractivity contribution in [1.82, 2.24) is 25.5 Å². The third-order valence-electron chi connectivity index (χ3n) is 4.41. The Balaban J connectivity index is 1.62. The molecule has 1 amide bonds. The second-order valence-corrected chi connectivity index (χ2v) is 7.10. The Bertz CT molecular complexity index is 997. The van der Waals surface area contributed by atoms with Gasteiger partial charge in [0.1, 0.15) is 11.5 Å². The Morgan fingerprint density at radius 2 is 1.86 bits per heavy atom. The molecule has 1 saturated heterocycles. The van der Waals surface area contributed by atoms with Crippen molar-refractivity contribution >= 4 is 29.1 Å². The van der Waals surface area contributed by atoms with Crippen molar-refractivity contribution in [1.29, 1.82) is 0 Å². The molecule has 2 heterocycles. The van der Waals surface area contributed by atoms with Gasteiger partial charge in [0.15, 0.2) is 5.75 Å². The third kappa shape index (κ3) is 3.61. The fourth-order valence-corrected chi connectivity index (χ4v) is 3.59. The molecular formula is C18H15Cl2N5O3. The number of hydrogen-bond acceptors (Lipinski definition) is 6. The van der Waals surface area contributed by atoms with Crippen LogP contribution in [0.3, 0.4) is 0 Å². The van der Waals surface area contributed by atoms with Crippen molar-refractivity contribution in [2.24, 2.45) is 0 Å². The molecule has 0 bridgehead atoms. The first-order valence-corrected chi connectivity index (χ1v) is 9.31. The van der Waals surface area contributed by atoms with Crippen molar-refractivity contribution in [3.63, 3.8) is 0 Å². The van der Waals surface area contributed by atoms with Crippen LogP contribution in [0.5, 0.6) is 17.2 Å². The van der Waals surface area contributed by atoms with Crippen molar-refractivity contribution in [2.75, 3.05) is 13.1 Å². The van der Waals surface area contributed by atoms with Gasteiger partial charge < -0.3 is 14.7 Å². The largest absolute Gasteiger partial charge is 0.507 e. The first-order valence-electron chi connectivity index (χ1n) is 8.56. The Kier molecular flexibility index (Phi) is 5.06. The summed E-state index contributed by atoms with van der Waals surface area (Å²) in [5, 5.41) is 24.2. The van der Waals surface area contributed by atoms with E-state index in [1.54, 1.807) is 17.0 Å². The number of aromatic amines is 1. The molecule has 1 aliphatic rings. The number of carbonyl (C=O) groups is 1. The molecule has 1 aliphatic heterocycles. The third-order valence-corrected chi connectivity index (χ3v) is 4.97. The number of phenolic OH excluding ortho intramolecular Hbond substituents is 1. The lowest BCUT2D eigenvalue weighted by atomic mass is 10.1. The second-order valence-electron chi connectivity index (χ2n) is 6.28. The molecule has 2 aromatic carbocycles. The van der Waals surface area contributed by atoms with Crippen LogP contribution in [0, 0.1) is 0 Å². The summed E-state index contributed by atoms with van der Waals surface area (Å²) >= 11 is 12.6. The van der Waals surface area contributed by atoms with Crippen molar-refractivity contribution in [2.45, 2.75) is 12.8 Å². The Morgan fingerprint density at radius 1 is 1.14 bits per heavy atom. The van der Waals surface area contributed by atoms with Crippen LogP contribution in [-0.2, 0) is 0 Å². The van der Waals surface area contributed by atoms with Gasteiger partial charge >= 0.3 is 0 Å². The minimum Gasteiger partial charge on any atom is -0.507 e. The molecule has 0 radical (unpaired) electrons. The van der Waals surface area contributed by atoms with E-state index in [4.69, 9.17) is 27.9 Å². The molecule has 0 saturated carbocycles. The maximum atomic E-state index is 12.6. The molecule has 0 spiro atoms. The first kappa shape index (κ1) is 18.5. The molecule has 2 N–H and O–H groups in total. The number of tetrazole rings is 1. The molecule has 1 aromatic heterocycles. The van der Waals surface area contributed by atoms with Gasteiger partial charge in [0.05, 0.1) is 15.6 Å². The Hall–Kier alpha value is -2.84. The van der Waals surface area contributed by atoms with Crippen molar-refractivity contribution in [3.8, 4) is 28.6 Å². The van der Waals surface area contributed by atoms with Crippen LogP contribution < -0.4 is 4.74 Å². The summed E-state index contributed by atoms with van der Waals surface area (Å²) in [6, 6.07) is 7.63. The van der Waals surface area contributed by atoms with Gasteiger partial charge in [0.2, 0.25) is 5.82 Å². The van der Waals surface area contributed by atoms with Crippen molar-refractivity contribution < 1.29 is 14.6 Å². The number of benzene rings is 2. The number of hydrogen-bond donors (Lipinski definition) is 2. The molecule has 144 valence electrons. The summed E-state index contributed by atoms with van der Waals surface area (Å²) in [6.07, 6.45) is 1.92. The molecule has 10 heteroatoms. The van der Waals surface area contributed by atoms with Gasteiger partial charge in [-0.05, 0) is 48.4 Å². The van der Waals surface area contributed by atoms with Crippen LogP contribution in [0.25, 0.3) is 11.4 Å². The maximum Gasteiger partial charge on any atom is 0.257 e.